The van der Waals surface area contributed by atoms with Crippen molar-refractivity contribution < 1.29 is 14.7 Å². The molecule has 2 aromatic rings. The third-order valence-electron chi connectivity index (χ3n) is 5.58. The molecule has 4 rings (SSSR count). The van der Waals surface area contributed by atoms with Crippen LogP contribution in [-0.4, -0.2) is 60.6 Å². The number of rotatable bonds is 3. The lowest BCUT2D eigenvalue weighted by atomic mass is 10.1. The number of para-hydroxylation sites is 4. The Balaban J connectivity index is 1.43. The van der Waals surface area contributed by atoms with Crippen LogP contribution >= 0.6 is 0 Å². The van der Waals surface area contributed by atoms with E-state index in [9.17, 15) is 14.7 Å². The largest absolute Gasteiger partial charge is 0.506 e. The van der Waals surface area contributed by atoms with Crippen LogP contribution in [-0.2, 0) is 9.59 Å². The summed E-state index contributed by atoms with van der Waals surface area (Å²) in [5.74, 6) is 0.207. The lowest BCUT2D eigenvalue weighted by molar-refractivity contribution is -0.120. The molecule has 2 heterocycles. The van der Waals surface area contributed by atoms with E-state index < -0.39 is 0 Å². The second-order valence-corrected chi connectivity index (χ2v) is 7.63. The fraction of sp³-hybridized carbons (Fsp3) is 0.364. The summed E-state index contributed by atoms with van der Waals surface area (Å²) in [6.07, 6.45) is 0.279. The zero-order valence-corrected chi connectivity index (χ0v) is 16.5. The maximum Gasteiger partial charge on any atom is 0.241 e. The van der Waals surface area contributed by atoms with E-state index in [1.54, 1.807) is 11.0 Å². The maximum absolute atomic E-state index is 13.2. The maximum atomic E-state index is 13.2. The average molecular weight is 394 g/mol. The second-order valence-electron chi connectivity index (χ2n) is 7.63. The van der Waals surface area contributed by atoms with Crippen molar-refractivity contribution >= 4 is 28.9 Å². The first-order valence-corrected chi connectivity index (χ1v) is 9.99. The van der Waals surface area contributed by atoms with E-state index in [1.165, 1.54) is 0 Å². The van der Waals surface area contributed by atoms with Crippen molar-refractivity contribution in [2.75, 3.05) is 47.8 Å². The van der Waals surface area contributed by atoms with Gasteiger partial charge in [-0.25, -0.2) is 0 Å². The molecule has 0 radical (unpaired) electrons. The number of fused-ring (bicyclic) bond motifs is 1. The van der Waals surface area contributed by atoms with Crippen LogP contribution in [0.15, 0.2) is 48.5 Å². The molecule has 0 aromatic heterocycles. The van der Waals surface area contributed by atoms with Gasteiger partial charge in [-0.2, -0.15) is 0 Å². The van der Waals surface area contributed by atoms with Crippen molar-refractivity contribution in [1.82, 2.24) is 4.90 Å². The first-order valence-electron chi connectivity index (χ1n) is 9.99. The van der Waals surface area contributed by atoms with Crippen molar-refractivity contribution in [3.8, 4) is 5.75 Å². The summed E-state index contributed by atoms with van der Waals surface area (Å²) in [6, 6.07) is 14.6. The number of phenolic OH excluding ortho intramolecular Hbond substituents is 1. The van der Waals surface area contributed by atoms with Crippen LogP contribution in [0.3, 0.4) is 0 Å². The minimum Gasteiger partial charge on any atom is -0.506 e. The van der Waals surface area contributed by atoms with E-state index >= 15 is 0 Å². The SMILES string of the molecule is C[C@@H]1CC(=O)Nc2ccccc2N1C(=O)CN1CCN(c2ccccc2O)CC1. The van der Waals surface area contributed by atoms with Crippen LogP contribution in [0.25, 0.3) is 0 Å². The standard InChI is InChI=1S/C22H26N4O3/c1-16-14-21(28)23-17-6-2-3-7-18(17)26(16)22(29)15-24-10-12-25(13-11-24)19-8-4-5-9-20(19)27/h2-9,16,27H,10-15H2,1H3,(H,23,28)/t16-/m1/s1. The summed E-state index contributed by atoms with van der Waals surface area (Å²) >= 11 is 0. The van der Waals surface area contributed by atoms with E-state index in [0.29, 0.717) is 12.2 Å². The van der Waals surface area contributed by atoms with Crippen LogP contribution in [0.4, 0.5) is 17.1 Å². The highest BCUT2D eigenvalue weighted by Crippen LogP contribution is 2.31. The van der Waals surface area contributed by atoms with E-state index in [1.807, 2.05) is 49.4 Å². The van der Waals surface area contributed by atoms with Crippen LogP contribution in [0.2, 0.25) is 0 Å². The lowest BCUT2D eigenvalue weighted by Gasteiger charge is -2.37. The van der Waals surface area contributed by atoms with Gasteiger partial charge in [0, 0.05) is 38.6 Å². The Bertz CT molecular complexity index is 908. The zero-order chi connectivity index (χ0) is 20.4. The molecule has 1 atom stereocenters. The molecule has 0 spiro atoms. The van der Waals surface area contributed by atoms with Crippen LogP contribution in [0.5, 0.6) is 5.75 Å². The molecule has 0 aliphatic carbocycles. The van der Waals surface area contributed by atoms with Crippen molar-refractivity contribution in [2.24, 2.45) is 0 Å². The highest BCUT2D eigenvalue weighted by Gasteiger charge is 2.31. The number of carbonyl (C=O) groups is 2. The molecular formula is C22H26N4O3. The molecule has 7 heteroatoms. The van der Waals surface area contributed by atoms with Gasteiger partial charge in [0.15, 0.2) is 0 Å². The number of nitrogens with one attached hydrogen (secondary N) is 1. The fourth-order valence-corrected chi connectivity index (χ4v) is 4.11. The van der Waals surface area contributed by atoms with E-state index in [-0.39, 0.29) is 30.0 Å². The topological polar surface area (TPSA) is 76.1 Å². The van der Waals surface area contributed by atoms with Crippen LogP contribution < -0.4 is 15.1 Å². The first kappa shape index (κ1) is 19.3. The van der Waals surface area contributed by atoms with Crippen LogP contribution in [0.1, 0.15) is 13.3 Å². The molecule has 2 aliphatic rings. The van der Waals surface area contributed by atoms with Gasteiger partial charge in [0.25, 0.3) is 0 Å². The molecule has 0 bridgehead atoms. The number of carbonyl (C=O) groups excluding carboxylic acids is 2. The second kappa shape index (κ2) is 8.13. The lowest BCUT2D eigenvalue weighted by Crippen LogP contribution is -2.51. The summed E-state index contributed by atoms with van der Waals surface area (Å²) in [7, 11) is 0. The van der Waals surface area contributed by atoms with Gasteiger partial charge in [0.1, 0.15) is 5.75 Å². The molecule has 1 fully saturated rings. The van der Waals surface area contributed by atoms with E-state index in [2.05, 4.69) is 15.1 Å². The van der Waals surface area contributed by atoms with E-state index in [0.717, 1.165) is 37.6 Å². The van der Waals surface area contributed by atoms with Gasteiger partial charge in [-0.1, -0.05) is 24.3 Å². The Hall–Kier alpha value is -3.06. The minimum atomic E-state index is -0.200. The summed E-state index contributed by atoms with van der Waals surface area (Å²) in [5, 5.41) is 13.0. The predicted molar refractivity (Wildman–Crippen MR) is 113 cm³/mol. The number of piperazine rings is 1. The van der Waals surface area contributed by atoms with Gasteiger partial charge in [-0.3, -0.25) is 14.5 Å². The average Bonchev–Trinajstić information content (AvgIpc) is 2.83. The molecule has 2 N–H and O–H groups in total. The predicted octanol–water partition coefficient (Wildman–Crippen LogP) is 2.28. The number of phenols is 1. The summed E-state index contributed by atoms with van der Waals surface area (Å²) in [5.41, 5.74) is 2.27. The molecule has 0 unspecified atom stereocenters. The number of anilines is 3. The Kier molecular flexibility index (Phi) is 5.40. The molecule has 29 heavy (non-hydrogen) atoms. The number of aromatic hydroxyl groups is 1. The highest BCUT2D eigenvalue weighted by atomic mass is 16.3. The van der Waals surface area contributed by atoms with Crippen LogP contribution in [0, 0.1) is 0 Å². The summed E-state index contributed by atoms with van der Waals surface area (Å²) in [6.45, 7) is 5.19. The molecule has 1 saturated heterocycles. The molecular weight excluding hydrogens is 368 g/mol. The molecule has 152 valence electrons. The van der Waals surface area contributed by atoms with Gasteiger partial charge < -0.3 is 20.2 Å². The van der Waals surface area contributed by atoms with Crippen molar-refractivity contribution in [1.29, 1.82) is 0 Å². The van der Waals surface area contributed by atoms with Crippen molar-refractivity contribution in [3.05, 3.63) is 48.5 Å². The fourth-order valence-electron chi connectivity index (χ4n) is 4.11. The Morgan fingerprint density at radius 3 is 2.41 bits per heavy atom. The molecule has 7 nitrogen and oxygen atoms in total. The molecule has 2 aliphatic heterocycles. The third kappa shape index (κ3) is 4.05. The number of hydrogen-bond acceptors (Lipinski definition) is 5. The Morgan fingerprint density at radius 2 is 1.69 bits per heavy atom. The quantitative estimate of drug-likeness (QED) is 0.835. The molecule has 0 saturated carbocycles. The minimum absolute atomic E-state index is 0.00235. The van der Waals surface area contributed by atoms with Gasteiger partial charge in [-0.05, 0) is 31.2 Å². The number of amides is 2. The highest BCUT2D eigenvalue weighted by molar-refractivity contribution is 6.04. The van der Waals surface area contributed by atoms with Crippen molar-refractivity contribution in [2.45, 2.75) is 19.4 Å². The number of nitrogens with zero attached hydrogens (tertiary/aromatic N) is 3. The summed E-state index contributed by atoms with van der Waals surface area (Å²) in [4.78, 5) is 31.4. The third-order valence-corrected chi connectivity index (χ3v) is 5.58. The van der Waals surface area contributed by atoms with E-state index in [4.69, 9.17) is 0 Å². The van der Waals surface area contributed by atoms with Gasteiger partial charge >= 0.3 is 0 Å². The van der Waals surface area contributed by atoms with Gasteiger partial charge in [-0.15, -0.1) is 0 Å². The van der Waals surface area contributed by atoms with Gasteiger partial charge in [0.2, 0.25) is 11.8 Å². The van der Waals surface area contributed by atoms with Crippen molar-refractivity contribution in [3.63, 3.8) is 0 Å². The summed E-state index contributed by atoms with van der Waals surface area (Å²) < 4.78 is 0. The Morgan fingerprint density at radius 1 is 1.03 bits per heavy atom. The smallest absolute Gasteiger partial charge is 0.241 e. The van der Waals surface area contributed by atoms with Gasteiger partial charge in [0.05, 0.1) is 23.6 Å². The number of hydrogen-bond donors (Lipinski definition) is 2. The zero-order valence-electron chi connectivity index (χ0n) is 16.5. The molecule has 2 aromatic carbocycles. The normalized spacial score (nSPS) is 20.0. The first-order chi connectivity index (χ1) is 14.0. The molecule has 2 amide bonds. The number of benzene rings is 2. The monoisotopic (exact) mass is 394 g/mol. The Labute approximate surface area is 170 Å².